The summed E-state index contributed by atoms with van der Waals surface area (Å²) in [6, 6.07) is -0.400. The van der Waals surface area contributed by atoms with E-state index in [2.05, 4.69) is 10.2 Å². The fourth-order valence-corrected chi connectivity index (χ4v) is 2.54. The molecule has 1 saturated heterocycles. The van der Waals surface area contributed by atoms with Gasteiger partial charge in [0.25, 0.3) is 0 Å². The van der Waals surface area contributed by atoms with Gasteiger partial charge in [-0.05, 0) is 39.3 Å². The van der Waals surface area contributed by atoms with Crippen LogP contribution in [-0.2, 0) is 9.59 Å². The first kappa shape index (κ1) is 15.2. The molecule has 18 heavy (non-hydrogen) atoms. The molecule has 0 aromatic heterocycles. The number of carbonyl (C=O) groups is 2. The maximum absolute atomic E-state index is 12.2. The number of Topliss-reactive ketones (excluding diaryl/α,β-unsaturated/α-hetero) is 1. The number of amides is 1. The molecule has 1 aliphatic rings. The molecule has 104 valence electrons. The number of likely N-dealkylation sites (tertiary alicyclic amines) is 1. The second kappa shape index (κ2) is 6.88. The molecular formula is C14H26N2O2. The number of nitrogens with one attached hydrogen (secondary N) is 1. The molecule has 1 aliphatic heterocycles. The summed E-state index contributed by atoms with van der Waals surface area (Å²) in [5.74, 6) is 0.259. The Morgan fingerprint density at radius 2 is 2.06 bits per heavy atom. The van der Waals surface area contributed by atoms with Crippen LogP contribution in [-0.4, -0.2) is 42.3 Å². The Bertz CT molecular complexity index is 304. The van der Waals surface area contributed by atoms with E-state index in [1.165, 1.54) is 0 Å². The van der Waals surface area contributed by atoms with E-state index in [1.807, 2.05) is 20.9 Å². The van der Waals surface area contributed by atoms with Crippen molar-refractivity contribution in [1.82, 2.24) is 10.2 Å². The highest BCUT2D eigenvalue weighted by Crippen LogP contribution is 2.16. The van der Waals surface area contributed by atoms with Crippen LogP contribution in [0.2, 0.25) is 0 Å². The largest absolute Gasteiger partial charge is 0.345 e. The molecule has 0 bridgehead atoms. The molecule has 0 aromatic carbocycles. The lowest BCUT2D eigenvalue weighted by Crippen LogP contribution is -2.53. The number of hydrogen-bond donors (Lipinski definition) is 1. The van der Waals surface area contributed by atoms with E-state index in [9.17, 15) is 9.59 Å². The second-order valence-corrected chi connectivity index (χ2v) is 5.47. The molecule has 3 atom stereocenters. The maximum atomic E-state index is 12.2. The van der Waals surface area contributed by atoms with E-state index < -0.39 is 0 Å². The zero-order valence-corrected chi connectivity index (χ0v) is 12.0. The van der Waals surface area contributed by atoms with E-state index in [1.54, 1.807) is 6.92 Å². The molecule has 1 amide bonds. The van der Waals surface area contributed by atoms with Crippen molar-refractivity contribution in [2.45, 2.75) is 58.5 Å². The predicted octanol–water partition coefficient (Wildman–Crippen LogP) is 1.59. The van der Waals surface area contributed by atoms with Crippen LogP contribution in [0.15, 0.2) is 0 Å². The lowest BCUT2D eigenvalue weighted by Gasteiger charge is -2.33. The maximum Gasteiger partial charge on any atom is 0.237 e. The molecule has 0 aliphatic carbocycles. The molecule has 4 heteroatoms. The van der Waals surface area contributed by atoms with Crippen LogP contribution in [0.5, 0.6) is 0 Å². The van der Waals surface area contributed by atoms with Gasteiger partial charge < -0.3 is 5.32 Å². The summed E-state index contributed by atoms with van der Waals surface area (Å²) in [7, 11) is 1.98. The number of piperidine rings is 1. The van der Waals surface area contributed by atoms with Crippen molar-refractivity contribution in [3.8, 4) is 0 Å². The number of likely N-dealkylation sites (N-methyl/N-ethyl adjacent to an activating group) is 1. The summed E-state index contributed by atoms with van der Waals surface area (Å²) >= 11 is 0. The van der Waals surface area contributed by atoms with Crippen molar-refractivity contribution in [2.24, 2.45) is 5.92 Å². The standard InChI is InChI=1S/C14H26N2O2/c1-5-10(2)13(11(3)17)15-14(18)12-8-6-7-9-16(12)4/h10,12-13H,5-9H2,1-4H3,(H,15,18)/t10-,12+,13-/m0/s1. The molecule has 4 nitrogen and oxygen atoms in total. The number of nitrogens with zero attached hydrogens (tertiary/aromatic N) is 1. The third-order valence-corrected chi connectivity index (χ3v) is 4.02. The summed E-state index contributed by atoms with van der Waals surface area (Å²) in [6.07, 6.45) is 4.04. The van der Waals surface area contributed by atoms with Crippen LogP contribution in [0.25, 0.3) is 0 Å². The zero-order chi connectivity index (χ0) is 13.7. The summed E-state index contributed by atoms with van der Waals surface area (Å²) in [5.41, 5.74) is 0. The van der Waals surface area contributed by atoms with E-state index in [0.29, 0.717) is 0 Å². The lowest BCUT2D eigenvalue weighted by atomic mass is 9.95. The molecule has 1 rings (SSSR count). The highest BCUT2D eigenvalue weighted by Gasteiger charge is 2.30. The Kier molecular flexibility index (Phi) is 5.79. The van der Waals surface area contributed by atoms with Gasteiger partial charge in [-0.25, -0.2) is 0 Å². The topological polar surface area (TPSA) is 49.4 Å². The van der Waals surface area contributed by atoms with Gasteiger partial charge in [-0.15, -0.1) is 0 Å². The van der Waals surface area contributed by atoms with Crippen molar-refractivity contribution in [1.29, 1.82) is 0 Å². The van der Waals surface area contributed by atoms with Crippen molar-refractivity contribution in [3.05, 3.63) is 0 Å². The van der Waals surface area contributed by atoms with Gasteiger partial charge in [0.05, 0.1) is 12.1 Å². The highest BCUT2D eigenvalue weighted by molar-refractivity contribution is 5.89. The van der Waals surface area contributed by atoms with Gasteiger partial charge in [-0.1, -0.05) is 26.7 Å². The molecule has 1 fully saturated rings. The molecule has 0 saturated carbocycles. The van der Waals surface area contributed by atoms with Crippen molar-refractivity contribution in [2.75, 3.05) is 13.6 Å². The third-order valence-electron chi connectivity index (χ3n) is 4.02. The molecule has 1 N–H and O–H groups in total. The molecular weight excluding hydrogens is 228 g/mol. The Balaban J connectivity index is 2.63. The first-order chi connectivity index (χ1) is 8.47. The number of carbonyl (C=O) groups excluding carboxylic acids is 2. The average Bonchev–Trinajstić information content (AvgIpc) is 2.35. The fraction of sp³-hybridized carbons (Fsp3) is 0.857. The van der Waals surface area contributed by atoms with Gasteiger partial charge in [-0.2, -0.15) is 0 Å². The van der Waals surface area contributed by atoms with Crippen LogP contribution >= 0.6 is 0 Å². The van der Waals surface area contributed by atoms with Crippen LogP contribution in [0, 0.1) is 5.92 Å². The molecule has 0 spiro atoms. The zero-order valence-electron chi connectivity index (χ0n) is 12.0. The smallest absolute Gasteiger partial charge is 0.237 e. The van der Waals surface area contributed by atoms with Gasteiger partial charge in [0, 0.05) is 0 Å². The minimum atomic E-state index is -0.335. The highest BCUT2D eigenvalue weighted by atomic mass is 16.2. The summed E-state index contributed by atoms with van der Waals surface area (Å²) in [6.45, 7) is 6.57. The first-order valence-corrected chi connectivity index (χ1v) is 6.98. The normalized spacial score (nSPS) is 24.3. The lowest BCUT2D eigenvalue weighted by molar-refractivity contribution is -0.132. The molecule has 0 aromatic rings. The first-order valence-electron chi connectivity index (χ1n) is 6.98. The van der Waals surface area contributed by atoms with Crippen LogP contribution < -0.4 is 5.32 Å². The molecule has 1 heterocycles. The fourth-order valence-electron chi connectivity index (χ4n) is 2.54. The van der Waals surface area contributed by atoms with E-state index in [-0.39, 0.29) is 29.7 Å². The van der Waals surface area contributed by atoms with Crippen LogP contribution in [0.4, 0.5) is 0 Å². The minimum Gasteiger partial charge on any atom is -0.345 e. The molecule has 0 radical (unpaired) electrons. The number of hydrogen-bond acceptors (Lipinski definition) is 3. The summed E-state index contributed by atoms with van der Waals surface area (Å²) in [4.78, 5) is 25.9. The minimum absolute atomic E-state index is 0.0118. The summed E-state index contributed by atoms with van der Waals surface area (Å²) < 4.78 is 0. The van der Waals surface area contributed by atoms with Gasteiger partial charge in [0.1, 0.15) is 0 Å². The van der Waals surface area contributed by atoms with Crippen molar-refractivity contribution in [3.63, 3.8) is 0 Å². The van der Waals surface area contributed by atoms with Gasteiger partial charge >= 0.3 is 0 Å². The Hall–Kier alpha value is -0.900. The number of ketones is 1. The molecule has 0 unspecified atom stereocenters. The summed E-state index contributed by atoms with van der Waals surface area (Å²) in [5, 5.41) is 2.94. The van der Waals surface area contributed by atoms with Crippen molar-refractivity contribution >= 4 is 11.7 Å². The number of rotatable bonds is 5. The quantitative estimate of drug-likeness (QED) is 0.810. The Morgan fingerprint density at radius 1 is 1.39 bits per heavy atom. The third kappa shape index (κ3) is 3.80. The second-order valence-electron chi connectivity index (χ2n) is 5.47. The Labute approximate surface area is 110 Å². The van der Waals surface area contributed by atoms with E-state index in [0.717, 1.165) is 32.2 Å². The Morgan fingerprint density at radius 3 is 2.56 bits per heavy atom. The average molecular weight is 254 g/mol. The van der Waals surface area contributed by atoms with Crippen LogP contribution in [0.3, 0.4) is 0 Å². The predicted molar refractivity (Wildman–Crippen MR) is 72.3 cm³/mol. The van der Waals surface area contributed by atoms with Gasteiger partial charge in [-0.3, -0.25) is 14.5 Å². The van der Waals surface area contributed by atoms with Crippen molar-refractivity contribution < 1.29 is 9.59 Å². The van der Waals surface area contributed by atoms with E-state index >= 15 is 0 Å². The van der Waals surface area contributed by atoms with Gasteiger partial charge in [0.2, 0.25) is 5.91 Å². The van der Waals surface area contributed by atoms with E-state index in [4.69, 9.17) is 0 Å². The monoisotopic (exact) mass is 254 g/mol. The SMILES string of the molecule is CC[C@H](C)[C@H](NC(=O)[C@H]1CCCCN1C)C(C)=O. The van der Waals surface area contributed by atoms with Gasteiger partial charge in [0.15, 0.2) is 5.78 Å². The van der Waals surface area contributed by atoms with Crippen LogP contribution in [0.1, 0.15) is 46.5 Å².